The third-order valence-corrected chi connectivity index (χ3v) is 3.09. The minimum absolute atomic E-state index is 0.247. The Morgan fingerprint density at radius 1 is 1.43 bits per heavy atom. The van der Waals surface area contributed by atoms with Crippen LogP contribution in [0.25, 0.3) is 0 Å². The third-order valence-electron chi connectivity index (χ3n) is 3.09. The van der Waals surface area contributed by atoms with Crippen molar-refractivity contribution in [3.05, 3.63) is 24.2 Å². The fourth-order valence-corrected chi connectivity index (χ4v) is 1.91. The predicted octanol–water partition coefficient (Wildman–Crippen LogP) is 0.984. The Morgan fingerprint density at radius 3 is 2.91 bits per heavy atom. The van der Waals surface area contributed by atoms with Gasteiger partial charge in [0.05, 0.1) is 17.4 Å². The van der Waals surface area contributed by atoms with Gasteiger partial charge >= 0.3 is 0 Å². The molecular weight excluding hydrogens is 298 g/mol. The van der Waals surface area contributed by atoms with Gasteiger partial charge in [-0.25, -0.2) is 4.98 Å². The van der Waals surface area contributed by atoms with E-state index in [4.69, 9.17) is 10.5 Å². The molecule has 0 bridgehead atoms. The summed E-state index contributed by atoms with van der Waals surface area (Å²) in [7, 11) is 1.64. The number of hydrogen-bond donors (Lipinski definition) is 3. The van der Waals surface area contributed by atoms with Gasteiger partial charge in [0.1, 0.15) is 5.82 Å². The van der Waals surface area contributed by atoms with Crippen molar-refractivity contribution >= 4 is 23.4 Å². The zero-order valence-corrected chi connectivity index (χ0v) is 13.2. The van der Waals surface area contributed by atoms with Gasteiger partial charge < -0.3 is 21.1 Å². The topological polar surface area (TPSA) is 120 Å². The molecule has 23 heavy (non-hydrogen) atoms. The number of methoxy groups -OCH3 is 1. The number of ether oxygens (including phenoxy) is 1. The molecule has 2 aromatic heterocycles. The third kappa shape index (κ3) is 4.65. The van der Waals surface area contributed by atoms with E-state index in [1.165, 1.54) is 6.20 Å². The first-order valence-corrected chi connectivity index (χ1v) is 7.33. The van der Waals surface area contributed by atoms with Crippen molar-refractivity contribution in [1.82, 2.24) is 19.7 Å². The lowest BCUT2D eigenvalue weighted by molar-refractivity contribution is 0.100. The van der Waals surface area contributed by atoms with Gasteiger partial charge in [0.15, 0.2) is 0 Å². The Labute approximate surface area is 134 Å². The Morgan fingerprint density at radius 2 is 2.26 bits per heavy atom. The molecule has 0 atom stereocenters. The number of amides is 1. The average molecular weight is 319 g/mol. The number of rotatable bonds is 9. The summed E-state index contributed by atoms with van der Waals surface area (Å²) in [6.45, 7) is 4.00. The molecule has 2 aromatic rings. The number of nitrogens with zero attached hydrogens (tertiary/aromatic N) is 4. The lowest BCUT2D eigenvalue weighted by Gasteiger charge is -2.10. The van der Waals surface area contributed by atoms with Crippen molar-refractivity contribution in [3.8, 4) is 0 Å². The molecule has 0 saturated heterocycles. The van der Waals surface area contributed by atoms with E-state index in [0.717, 1.165) is 18.7 Å². The van der Waals surface area contributed by atoms with Gasteiger partial charge in [0.2, 0.25) is 5.95 Å². The normalized spacial score (nSPS) is 10.5. The van der Waals surface area contributed by atoms with Gasteiger partial charge in [0.25, 0.3) is 5.91 Å². The van der Waals surface area contributed by atoms with Crippen LogP contribution in [-0.2, 0) is 11.3 Å². The summed E-state index contributed by atoms with van der Waals surface area (Å²) in [5, 5.41) is 10.3. The maximum atomic E-state index is 11.5. The minimum atomic E-state index is -0.579. The van der Waals surface area contributed by atoms with E-state index in [2.05, 4.69) is 25.7 Å². The molecule has 0 aliphatic carbocycles. The second kappa shape index (κ2) is 8.08. The van der Waals surface area contributed by atoms with E-state index in [9.17, 15) is 4.79 Å². The Kier molecular flexibility index (Phi) is 5.87. The van der Waals surface area contributed by atoms with Crippen molar-refractivity contribution in [2.24, 2.45) is 5.73 Å². The van der Waals surface area contributed by atoms with Crippen LogP contribution in [0, 0.1) is 0 Å². The van der Waals surface area contributed by atoms with Crippen LogP contribution in [0.15, 0.2) is 18.6 Å². The second-order valence-corrected chi connectivity index (χ2v) is 4.80. The van der Waals surface area contributed by atoms with Crippen molar-refractivity contribution in [2.45, 2.75) is 19.9 Å². The molecule has 0 fully saturated rings. The van der Waals surface area contributed by atoms with E-state index < -0.39 is 5.91 Å². The molecule has 1 amide bonds. The number of anilines is 3. The Balaban J connectivity index is 2.12. The Bertz CT molecular complexity index is 656. The van der Waals surface area contributed by atoms with Gasteiger partial charge in [-0.3, -0.25) is 9.48 Å². The molecule has 0 radical (unpaired) electrons. The minimum Gasteiger partial charge on any atom is -0.385 e. The number of primary amides is 1. The fraction of sp³-hybridized carbons (Fsp3) is 0.429. The van der Waals surface area contributed by atoms with E-state index in [1.807, 2.05) is 13.1 Å². The number of carbonyl (C=O) groups excluding carboxylic acids is 1. The number of aryl methyl sites for hydroxylation is 1. The highest BCUT2D eigenvalue weighted by Crippen LogP contribution is 2.17. The summed E-state index contributed by atoms with van der Waals surface area (Å²) < 4.78 is 6.77. The molecule has 2 heterocycles. The van der Waals surface area contributed by atoms with Crippen LogP contribution in [0.4, 0.5) is 17.5 Å². The quantitative estimate of drug-likeness (QED) is 0.589. The molecule has 0 saturated carbocycles. The van der Waals surface area contributed by atoms with Crippen LogP contribution >= 0.6 is 0 Å². The molecule has 0 aromatic carbocycles. The van der Waals surface area contributed by atoms with Crippen LogP contribution in [0.3, 0.4) is 0 Å². The number of hydrogen-bond acceptors (Lipinski definition) is 7. The monoisotopic (exact) mass is 319 g/mol. The average Bonchev–Trinajstić information content (AvgIpc) is 2.99. The van der Waals surface area contributed by atoms with Crippen molar-refractivity contribution < 1.29 is 9.53 Å². The molecule has 4 N–H and O–H groups in total. The smallest absolute Gasteiger partial charge is 0.254 e. The first-order chi connectivity index (χ1) is 11.1. The molecule has 2 rings (SSSR count). The summed E-state index contributed by atoms with van der Waals surface area (Å²) in [6, 6.07) is 0. The lowest BCUT2D eigenvalue weighted by Crippen LogP contribution is -2.17. The van der Waals surface area contributed by atoms with E-state index in [1.54, 1.807) is 18.0 Å². The van der Waals surface area contributed by atoms with Gasteiger partial charge in [-0.05, 0) is 13.3 Å². The maximum Gasteiger partial charge on any atom is 0.254 e. The molecule has 0 aliphatic heterocycles. The highest BCUT2D eigenvalue weighted by Gasteiger charge is 2.12. The fourth-order valence-electron chi connectivity index (χ4n) is 1.91. The maximum absolute atomic E-state index is 11.5. The molecular formula is C14H21N7O2. The SMILES string of the molecule is CCn1cc(Nc2ncc(C(N)=O)c(NCCCOC)n2)cn1. The van der Waals surface area contributed by atoms with Crippen molar-refractivity contribution in [1.29, 1.82) is 0 Å². The highest BCUT2D eigenvalue weighted by atomic mass is 16.5. The van der Waals surface area contributed by atoms with E-state index in [-0.39, 0.29) is 5.56 Å². The molecule has 0 spiro atoms. The zero-order chi connectivity index (χ0) is 16.7. The largest absolute Gasteiger partial charge is 0.385 e. The van der Waals surface area contributed by atoms with Gasteiger partial charge in [-0.2, -0.15) is 10.1 Å². The van der Waals surface area contributed by atoms with Crippen LogP contribution in [0.2, 0.25) is 0 Å². The highest BCUT2D eigenvalue weighted by molar-refractivity contribution is 5.97. The van der Waals surface area contributed by atoms with Gasteiger partial charge in [0, 0.05) is 39.2 Å². The van der Waals surface area contributed by atoms with Crippen molar-refractivity contribution in [2.75, 3.05) is 30.9 Å². The second-order valence-electron chi connectivity index (χ2n) is 4.80. The molecule has 9 heteroatoms. The summed E-state index contributed by atoms with van der Waals surface area (Å²) in [5.41, 5.74) is 6.37. The van der Waals surface area contributed by atoms with Gasteiger partial charge in [-0.1, -0.05) is 0 Å². The van der Waals surface area contributed by atoms with E-state index in [0.29, 0.717) is 24.9 Å². The summed E-state index contributed by atoms with van der Waals surface area (Å²) >= 11 is 0. The van der Waals surface area contributed by atoms with Crippen LogP contribution < -0.4 is 16.4 Å². The van der Waals surface area contributed by atoms with Gasteiger partial charge in [-0.15, -0.1) is 0 Å². The van der Waals surface area contributed by atoms with Crippen molar-refractivity contribution in [3.63, 3.8) is 0 Å². The number of nitrogens with one attached hydrogen (secondary N) is 2. The van der Waals surface area contributed by atoms with Crippen LogP contribution in [0.1, 0.15) is 23.7 Å². The number of nitrogens with two attached hydrogens (primary N) is 1. The predicted molar refractivity (Wildman–Crippen MR) is 86.7 cm³/mol. The lowest BCUT2D eigenvalue weighted by atomic mass is 10.3. The molecule has 124 valence electrons. The van der Waals surface area contributed by atoms with Crippen LogP contribution in [-0.4, -0.2) is 45.9 Å². The number of aromatic nitrogens is 4. The zero-order valence-electron chi connectivity index (χ0n) is 13.2. The number of carbonyl (C=O) groups is 1. The van der Waals surface area contributed by atoms with E-state index >= 15 is 0 Å². The molecule has 9 nitrogen and oxygen atoms in total. The summed E-state index contributed by atoms with van der Waals surface area (Å²) in [5.74, 6) is 0.179. The van der Waals surface area contributed by atoms with Crippen LogP contribution in [0.5, 0.6) is 0 Å². The summed E-state index contributed by atoms with van der Waals surface area (Å²) in [4.78, 5) is 19.9. The summed E-state index contributed by atoms with van der Waals surface area (Å²) in [6.07, 6.45) is 5.71. The molecule has 0 unspecified atom stereocenters. The molecule has 0 aliphatic rings. The first-order valence-electron chi connectivity index (χ1n) is 7.33. The standard InChI is InChI=1S/C14H21N7O2/c1-3-21-9-10(7-18-21)19-14-17-8-11(12(15)22)13(20-14)16-5-4-6-23-2/h7-9H,3-6H2,1-2H3,(H2,15,22)(H2,16,17,19,20). The Hall–Kier alpha value is -2.68. The first kappa shape index (κ1) is 16.7.